The summed E-state index contributed by atoms with van der Waals surface area (Å²) in [4.78, 5) is 2.62. The third-order valence-corrected chi connectivity index (χ3v) is 4.02. The average Bonchev–Trinajstić information content (AvgIpc) is 2.59. The second-order valence-electron chi connectivity index (χ2n) is 5.10. The van der Waals surface area contributed by atoms with Crippen LogP contribution < -0.4 is 5.32 Å². The maximum atomic E-state index is 8.89. The van der Waals surface area contributed by atoms with Crippen LogP contribution >= 0.6 is 0 Å². The van der Waals surface area contributed by atoms with Gasteiger partial charge >= 0.3 is 0 Å². The van der Waals surface area contributed by atoms with Crippen LogP contribution in [0.5, 0.6) is 0 Å². The monoisotopic (exact) mass is 221 g/mol. The molecule has 0 radical (unpaired) electrons. The first-order valence-corrected chi connectivity index (χ1v) is 6.75. The number of nitrogens with zero attached hydrogens (tertiary/aromatic N) is 2. The molecule has 3 nitrogen and oxygen atoms in total. The summed E-state index contributed by atoms with van der Waals surface area (Å²) >= 11 is 0. The Labute approximate surface area is 98.8 Å². The summed E-state index contributed by atoms with van der Waals surface area (Å²) in [5, 5.41) is 12.3. The first-order chi connectivity index (χ1) is 7.92. The normalized spacial score (nSPS) is 29.6. The molecule has 2 aliphatic rings. The van der Waals surface area contributed by atoms with E-state index >= 15 is 0 Å². The van der Waals surface area contributed by atoms with Crippen LogP contribution in [-0.4, -0.2) is 36.6 Å². The molecule has 1 aliphatic carbocycles. The van der Waals surface area contributed by atoms with Crippen molar-refractivity contribution in [3.05, 3.63) is 0 Å². The largest absolute Gasteiger partial charge is 0.314 e. The van der Waals surface area contributed by atoms with Crippen molar-refractivity contribution in [3.63, 3.8) is 0 Å². The van der Waals surface area contributed by atoms with Crippen LogP contribution in [0.4, 0.5) is 0 Å². The van der Waals surface area contributed by atoms with Gasteiger partial charge in [-0.3, -0.25) is 4.90 Å². The zero-order valence-corrected chi connectivity index (χ0v) is 10.1. The lowest BCUT2D eigenvalue weighted by Crippen LogP contribution is -2.54. The van der Waals surface area contributed by atoms with Crippen LogP contribution in [0.2, 0.25) is 0 Å². The van der Waals surface area contributed by atoms with Crippen LogP contribution in [0.25, 0.3) is 0 Å². The molecular formula is C13H23N3. The number of nitrogens with one attached hydrogen (secondary N) is 1. The Bertz CT molecular complexity index is 238. The molecule has 0 spiro atoms. The molecule has 1 N–H and O–H groups in total. The van der Waals surface area contributed by atoms with E-state index in [1.807, 2.05) is 0 Å². The maximum absolute atomic E-state index is 8.89. The molecule has 2 rings (SSSR count). The van der Waals surface area contributed by atoms with Crippen molar-refractivity contribution in [1.82, 2.24) is 10.2 Å². The molecule has 0 aromatic rings. The Morgan fingerprint density at radius 1 is 1.19 bits per heavy atom. The summed E-state index contributed by atoms with van der Waals surface area (Å²) < 4.78 is 0. The summed E-state index contributed by atoms with van der Waals surface area (Å²) in [5.41, 5.74) is 0. The first kappa shape index (κ1) is 11.9. The molecule has 0 aromatic carbocycles. The Morgan fingerprint density at radius 3 is 2.62 bits per heavy atom. The summed E-state index contributed by atoms with van der Waals surface area (Å²) in [7, 11) is 0. The summed E-state index contributed by atoms with van der Waals surface area (Å²) in [6.07, 6.45) is 8.96. The smallest absolute Gasteiger partial charge is 0.0638 e. The topological polar surface area (TPSA) is 39.1 Å². The molecule has 1 saturated carbocycles. The number of piperazine rings is 1. The highest BCUT2D eigenvalue weighted by Crippen LogP contribution is 2.24. The maximum Gasteiger partial charge on any atom is 0.0638 e. The predicted molar refractivity (Wildman–Crippen MR) is 65.1 cm³/mol. The number of rotatable bonds is 2. The molecule has 1 atom stereocenters. The summed E-state index contributed by atoms with van der Waals surface area (Å²) in [5.74, 6) is 0. The molecule has 1 aliphatic heterocycles. The molecule has 90 valence electrons. The molecule has 1 unspecified atom stereocenters. The van der Waals surface area contributed by atoms with Gasteiger partial charge in [-0.2, -0.15) is 5.26 Å². The van der Waals surface area contributed by atoms with Gasteiger partial charge in [-0.1, -0.05) is 25.7 Å². The van der Waals surface area contributed by atoms with E-state index in [0.29, 0.717) is 12.5 Å². The van der Waals surface area contributed by atoms with Gasteiger partial charge in [-0.15, -0.1) is 0 Å². The summed E-state index contributed by atoms with van der Waals surface area (Å²) in [6, 6.07) is 3.55. The molecule has 0 amide bonds. The van der Waals surface area contributed by atoms with E-state index in [9.17, 15) is 0 Å². The van der Waals surface area contributed by atoms with Gasteiger partial charge < -0.3 is 5.32 Å². The molecule has 16 heavy (non-hydrogen) atoms. The van der Waals surface area contributed by atoms with E-state index in [1.165, 1.54) is 38.5 Å². The van der Waals surface area contributed by atoms with E-state index < -0.39 is 0 Å². The van der Waals surface area contributed by atoms with Crippen molar-refractivity contribution in [2.24, 2.45) is 0 Å². The van der Waals surface area contributed by atoms with Crippen LogP contribution in [0.3, 0.4) is 0 Å². The highest BCUT2D eigenvalue weighted by molar-refractivity contribution is 4.91. The summed E-state index contributed by atoms with van der Waals surface area (Å²) in [6.45, 7) is 3.24. The van der Waals surface area contributed by atoms with Crippen LogP contribution in [0.15, 0.2) is 0 Å². The SMILES string of the molecule is N#CCC1CNCCN1C1CCCCCC1. The Balaban J connectivity index is 1.95. The van der Waals surface area contributed by atoms with Crippen LogP contribution in [0.1, 0.15) is 44.9 Å². The van der Waals surface area contributed by atoms with Gasteiger partial charge in [-0.25, -0.2) is 0 Å². The highest BCUT2D eigenvalue weighted by atomic mass is 15.2. The lowest BCUT2D eigenvalue weighted by Gasteiger charge is -2.40. The molecule has 2 fully saturated rings. The lowest BCUT2D eigenvalue weighted by atomic mass is 10.0. The minimum atomic E-state index is 0.460. The minimum Gasteiger partial charge on any atom is -0.314 e. The van der Waals surface area contributed by atoms with Crippen LogP contribution in [0, 0.1) is 11.3 Å². The van der Waals surface area contributed by atoms with Gasteiger partial charge in [0.25, 0.3) is 0 Å². The van der Waals surface area contributed by atoms with Crippen LogP contribution in [-0.2, 0) is 0 Å². The van der Waals surface area contributed by atoms with E-state index in [2.05, 4.69) is 16.3 Å². The second-order valence-corrected chi connectivity index (χ2v) is 5.10. The Morgan fingerprint density at radius 2 is 1.94 bits per heavy atom. The quantitative estimate of drug-likeness (QED) is 0.724. The number of hydrogen-bond donors (Lipinski definition) is 1. The standard InChI is InChI=1S/C13H23N3/c14-8-7-13-11-15-9-10-16(13)12-5-3-1-2-4-6-12/h12-13,15H,1-7,9-11H2. The predicted octanol–water partition coefficient (Wildman–Crippen LogP) is 1.90. The van der Waals surface area contributed by atoms with Crippen molar-refractivity contribution in [3.8, 4) is 6.07 Å². The number of nitriles is 1. The third-order valence-electron chi connectivity index (χ3n) is 4.02. The molecular weight excluding hydrogens is 198 g/mol. The van der Waals surface area contributed by atoms with Gasteiger partial charge in [0.15, 0.2) is 0 Å². The van der Waals surface area contributed by atoms with E-state index in [1.54, 1.807) is 0 Å². The Hall–Kier alpha value is -0.590. The van der Waals surface area contributed by atoms with Gasteiger partial charge in [0, 0.05) is 31.7 Å². The second kappa shape index (κ2) is 6.22. The fraction of sp³-hybridized carbons (Fsp3) is 0.923. The number of hydrogen-bond acceptors (Lipinski definition) is 3. The van der Waals surface area contributed by atoms with Crippen molar-refractivity contribution in [1.29, 1.82) is 5.26 Å². The molecule has 3 heteroatoms. The van der Waals surface area contributed by atoms with Crippen molar-refractivity contribution in [2.75, 3.05) is 19.6 Å². The molecule has 1 saturated heterocycles. The van der Waals surface area contributed by atoms with Crippen molar-refractivity contribution in [2.45, 2.75) is 57.0 Å². The zero-order chi connectivity index (χ0) is 11.2. The average molecular weight is 221 g/mol. The van der Waals surface area contributed by atoms with E-state index in [4.69, 9.17) is 5.26 Å². The third kappa shape index (κ3) is 2.96. The zero-order valence-electron chi connectivity index (χ0n) is 10.1. The fourth-order valence-corrected chi connectivity index (χ4v) is 3.14. The first-order valence-electron chi connectivity index (χ1n) is 6.75. The fourth-order valence-electron chi connectivity index (χ4n) is 3.14. The molecule has 0 aromatic heterocycles. The highest BCUT2D eigenvalue weighted by Gasteiger charge is 2.28. The lowest BCUT2D eigenvalue weighted by molar-refractivity contribution is 0.0979. The minimum absolute atomic E-state index is 0.460. The van der Waals surface area contributed by atoms with Gasteiger partial charge in [0.2, 0.25) is 0 Å². The van der Waals surface area contributed by atoms with E-state index in [-0.39, 0.29) is 0 Å². The van der Waals surface area contributed by atoms with E-state index in [0.717, 1.165) is 25.7 Å². The van der Waals surface area contributed by atoms with Gasteiger partial charge in [0.05, 0.1) is 12.5 Å². The van der Waals surface area contributed by atoms with Gasteiger partial charge in [-0.05, 0) is 12.8 Å². The van der Waals surface area contributed by atoms with Crippen molar-refractivity contribution < 1.29 is 0 Å². The van der Waals surface area contributed by atoms with Gasteiger partial charge in [0.1, 0.15) is 0 Å². The molecule has 0 bridgehead atoms. The van der Waals surface area contributed by atoms with Crippen molar-refractivity contribution >= 4 is 0 Å². The molecule has 1 heterocycles. The Kier molecular flexibility index (Phi) is 4.62.